The predicted octanol–water partition coefficient (Wildman–Crippen LogP) is 1.98. The van der Waals surface area contributed by atoms with Crippen molar-refractivity contribution in [2.75, 3.05) is 20.1 Å². The fourth-order valence-electron chi connectivity index (χ4n) is 4.49. The number of likely N-dealkylation sites (N-methyl/N-ethyl adjacent to an activating group) is 1. The first-order chi connectivity index (χ1) is 13.2. The largest absolute Gasteiger partial charge is 0.352 e. The van der Waals surface area contributed by atoms with Crippen molar-refractivity contribution in [2.24, 2.45) is 17.8 Å². The summed E-state index contributed by atoms with van der Waals surface area (Å²) in [5.41, 5.74) is 0. The Kier molecular flexibility index (Phi) is 6.41. The average molecular weight is 412 g/mol. The van der Waals surface area contributed by atoms with Crippen LogP contribution < -0.4 is 10.6 Å². The van der Waals surface area contributed by atoms with Crippen molar-refractivity contribution >= 4 is 15.9 Å². The molecule has 1 heterocycles. The first-order valence-electron chi connectivity index (χ1n) is 9.95. The summed E-state index contributed by atoms with van der Waals surface area (Å²) in [6.07, 6.45) is 2.51. The highest BCUT2D eigenvalue weighted by molar-refractivity contribution is 7.89. The summed E-state index contributed by atoms with van der Waals surface area (Å²) >= 11 is 0. The van der Waals surface area contributed by atoms with Gasteiger partial charge in [-0.1, -0.05) is 19.9 Å². The molecule has 1 saturated carbocycles. The minimum absolute atomic E-state index is 0.0137. The molecule has 1 aliphatic carbocycles. The molecule has 1 aromatic carbocycles. The number of fused-ring (bicyclic) bond motifs is 1. The molecule has 1 amide bonds. The number of halogens is 1. The third-order valence-electron chi connectivity index (χ3n) is 5.96. The van der Waals surface area contributed by atoms with Crippen molar-refractivity contribution in [3.8, 4) is 0 Å². The van der Waals surface area contributed by atoms with Crippen LogP contribution in [0.25, 0.3) is 0 Å². The Balaban J connectivity index is 1.67. The normalized spacial score (nSPS) is 26.4. The maximum atomic E-state index is 13.5. The molecule has 2 fully saturated rings. The van der Waals surface area contributed by atoms with Crippen LogP contribution in [-0.2, 0) is 14.8 Å². The van der Waals surface area contributed by atoms with E-state index in [1.54, 1.807) is 7.05 Å². The second-order valence-corrected chi connectivity index (χ2v) is 10.3. The third kappa shape index (κ3) is 4.39. The van der Waals surface area contributed by atoms with E-state index in [9.17, 15) is 17.6 Å². The van der Waals surface area contributed by atoms with Gasteiger partial charge in [0.2, 0.25) is 15.9 Å². The molecule has 0 bridgehead atoms. The second-order valence-electron chi connectivity index (χ2n) is 8.37. The molecule has 28 heavy (non-hydrogen) atoms. The Bertz CT molecular complexity index is 815. The van der Waals surface area contributed by atoms with E-state index >= 15 is 0 Å². The van der Waals surface area contributed by atoms with Crippen LogP contribution in [-0.4, -0.2) is 50.9 Å². The lowest BCUT2D eigenvalue weighted by Crippen LogP contribution is -2.49. The second kappa shape index (κ2) is 8.47. The van der Waals surface area contributed by atoms with Gasteiger partial charge in [-0.2, -0.15) is 4.31 Å². The van der Waals surface area contributed by atoms with Crippen molar-refractivity contribution in [1.29, 1.82) is 0 Å². The third-order valence-corrected chi connectivity index (χ3v) is 7.78. The molecule has 6 nitrogen and oxygen atoms in total. The van der Waals surface area contributed by atoms with E-state index in [-0.39, 0.29) is 34.7 Å². The Morgan fingerprint density at radius 3 is 2.68 bits per heavy atom. The molecule has 0 radical (unpaired) electrons. The maximum Gasteiger partial charge on any atom is 0.243 e. The van der Waals surface area contributed by atoms with E-state index in [4.69, 9.17) is 0 Å². The van der Waals surface area contributed by atoms with Gasteiger partial charge in [-0.25, -0.2) is 12.8 Å². The van der Waals surface area contributed by atoms with Crippen LogP contribution in [0.5, 0.6) is 0 Å². The maximum absolute atomic E-state index is 13.5. The van der Waals surface area contributed by atoms with Gasteiger partial charge < -0.3 is 10.6 Å². The highest BCUT2D eigenvalue weighted by atomic mass is 32.2. The van der Waals surface area contributed by atoms with Crippen molar-refractivity contribution in [1.82, 2.24) is 14.9 Å². The summed E-state index contributed by atoms with van der Waals surface area (Å²) in [6.45, 7) is 4.95. The molecular weight excluding hydrogens is 381 g/mol. The molecule has 4 atom stereocenters. The topological polar surface area (TPSA) is 78.5 Å². The average Bonchev–Trinajstić information content (AvgIpc) is 3.22. The summed E-state index contributed by atoms with van der Waals surface area (Å²) in [7, 11) is -1.94. The van der Waals surface area contributed by atoms with Gasteiger partial charge in [0.25, 0.3) is 0 Å². The zero-order valence-electron chi connectivity index (χ0n) is 16.7. The summed E-state index contributed by atoms with van der Waals surface area (Å²) in [5, 5.41) is 6.22. The smallest absolute Gasteiger partial charge is 0.243 e. The summed E-state index contributed by atoms with van der Waals surface area (Å²) in [6, 6.07) is 4.87. The lowest BCUT2D eigenvalue weighted by atomic mass is 9.97. The van der Waals surface area contributed by atoms with E-state index in [1.165, 1.54) is 22.5 Å². The van der Waals surface area contributed by atoms with Gasteiger partial charge in [-0.3, -0.25) is 4.79 Å². The van der Waals surface area contributed by atoms with Gasteiger partial charge >= 0.3 is 0 Å². The van der Waals surface area contributed by atoms with Crippen molar-refractivity contribution in [2.45, 2.75) is 50.1 Å². The number of carbonyl (C=O) groups excluding carboxylic acids is 1. The summed E-state index contributed by atoms with van der Waals surface area (Å²) < 4.78 is 40.7. The molecular formula is C20H30FN3O3S. The first kappa shape index (κ1) is 21.2. The van der Waals surface area contributed by atoms with Crippen LogP contribution in [0.1, 0.15) is 33.1 Å². The van der Waals surface area contributed by atoms with E-state index < -0.39 is 15.8 Å². The quantitative estimate of drug-likeness (QED) is 0.719. The molecule has 156 valence electrons. The zero-order valence-corrected chi connectivity index (χ0v) is 17.5. The monoisotopic (exact) mass is 411 g/mol. The molecule has 1 aromatic rings. The van der Waals surface area contributed by atoms with Gasteiger partial charge in [0.05, 0.1) is 10.9 Å². The fraction of sp³-hybridized carbons (Fsp3) is 0.650. The number of hydrogen-bond donors (Lipinski definition) is 2. The van der Waals surface area contributed by atoms with Gasteiger partial charge in [0.1, 0.15) is 5.82 Å². The first-order valence-corrected chi connectivity index (χ1v) is 11.4. The fourth-order valence-corrected chi connectivity index (χ4v) is 6.05. The highest BCUT2D eigenvalue weighted by Gasteiger charge is 2.47. The molecule has 0 aromatic heterocycles. The Hall–Kier alpha value is -1.51. The number of rotatable bonds is 7. The highest BCUT2D eigenvalue weighted by Crippen LogP contribution is 2.40. The van der Waals surface area contributed by atoms with E-state index in [0.29, 0.717) is 19.0 Å². The molecule has 2 N–H and O–H groups in total. The Morgan fingerprint density at radius 2 is 2.04 bits per heavy atom. The van der Waals surface area contributed by atoms with Gasteiger partial charge in [-0.05, 0) is 62.3 Å². The van der Waals surface area contributed by atoms with Crippen molar-refractivity contribution in [3.05, 3.63) is 30.1 Å². The minimum atomic E-state index is -3.72. The van der Waals surface area contributed by atoms with Crippen molar-refractivity contribution < 1.29 is 17.6 Å². The van der Waals surface area contributed by atoms with Crippen LogP contribution >= 0.6 is 0 Å². The molecule has 2 aliphatic rings. The summed E-state index contributed by atoms with van der Waals surface area (Å²) in [5.74, 6) is 0.149. The SMILES string of the molecule is CN[C@@H](CC(C)C)C(=O)N[C@@H]1CC[C@H]2CN(S(=O)(=O)c3cccc(F)c3)C[C@H]21. The van der Waals surface area contributed by atoms with Crippen LogP contribution in [0.3, 0.4) is 0 Å². The Morgan fingerprint density at radius 1 is 1.29 bits per heavy atom. The standard InChI is InChI=1S/C20H30FN3O3S/c1-13(2)9-19(22-3)20(25)23-18-8-7-14-11-24(12-17(14)18)28(26,27)16-6-4-5-15(21)10-16/h4-6,10,13-14,17-19,22H,7-9,11-12H2,1-3H3,(H,23,25)/t14-,17+,18+,19-/m0/s1. The number of nitrogens with one attached hydrogen (secondary N) is 2. The van der Waals surface area contributed by atoms with Crippen LogP contribution in [0.4, 0.5) is 4.39 Å². The summed E-state index contributed by atoms with van der Waals surface area (Å²) in [4.78, 5) is 12.6. The molecule has 1 aliphatic heterocycles. The van der Waals surface area contributed by atoms with E-state index in [1.807, 2.05) is 0 Å². The molecule has 3 rings (SSSR count). The lowest BCUT2D eigenvalue weighted by Gasteiger charge is -2.25. The van der Waals surface area contributed by atoms with Crippen LogP contribution in [0, 0.1) is 23.6 Å². The van der Waals surface area contributed by atoms with E-state index in [0.717, 1.165) is 25.3 Å². The Labute approximate surface area is 166 Å². The van der Waals surface area contributed by atoms with E-state index in [2.05, 4.69) is 24.5 Å². The van der Waals surface area contributed by atoms with Crippen LogP contribution in [0.15, 0.2) is 29.2 Å². The molecule has 0 unspecified atom stereocenters. The predicted molar refractivity (Wildman–Crippen MR) is 106 cm³/mol. The number of carbonyl (C=O) groups is 1. The van der Waals surface area contributed by atoms with Gasteiger partial charge in [0.15, 0.2) is 0 Å². The minimum Gasteiger partial charge on any atom is -0.352 e. The molecule has 1 saturated heterocycles. The number of benzene rings is 1. The number of sulfonamides is 1. The van der Waals surface area contributed by atoms with Crippen LogP contribution in [0.2, 0.25) is 0 Å². The number of amides is 1. The number of nitrogens with zero attached hydrogens (tertiary/aromatic N) is 1. The lowest BCUT2D eigenvalue weighted by molar-refractivity contribution is -0.124. The van der Waals surface area contributed by atoms with Gasteiger partial charge in [0, 0.05) is 19.1 Å². The molecule has 8 heteroatoms. The zero-order chi connectivity index (χ0) is 20.5. The molecule has 0 spiro atoms. The number of hydrogen-bond acceptors (Lipinski definition) is 4. The van der Waals surface area contributed by atoms with Gasteiger partial charge in [-0.15, -0.1) is 0 Å². The van der Waals surface area contributed by atoms with Crippen molar-refractivity contribution in [3.63, 3.8) is 0 Å².